The van der Waals surface area contributed by atoms with E-state index >= 15 is 0 Å². The van der Waals surface area contributed by atoms with E-state index < -0.39 is 57.4 Å². The first kappa shape index (κ1) is 48.1. The van der Waals surface area contributed by atoms with Crippen molar-refractivity contribution in [2.75, 3.05) is 13.1 Å². The van der Waals surface area contributed by atoms with Crippen LogP contribution in [-0.4, -0.2) is 99.7 Å². The quantitative estimate of drug-likeness (QED) is 0.0728. The van der Waals surface area contributed by atoms with Gasteiger partial charge in [0.1, 0.15) is 17.2 Å². The van der Waals surface area contributed by atoms with E-state index in [2.05, 4.69) is 53.5 Å². The molecule has 0 unspecified atom stereocenters. The predicted molar refractivity (Wildman–Crippen MR) is 220 cm³/mol. The van der Waals surface area contributed by atoms with E-state index in [4.69, 9.17) is 22.5 Å². The second-order valence-electron chi connectivity index (χ2n) is 18.2. The van der Waals surface area contributed by atoms with Crippen LogP contribution in [0.15, 0.2) is 9.41 Å². The van der Waals surface area contributed by atoms with E-state index in [9.17, 15) is 22.8 Å². The van der Waals surface area contributed by atoms with Gasteiger partial charge in [-0.05, 0) is 98.8 Å². The van der Waals surface area contributed by atoms with Crippen molar-refractivity contribution >= 4 is 34.6 Å². The van der Waals surface area contributed by atoms with E-state index in [1.54, 1.807) is 46.6 Å². The molecule has 3 fully saturated rings. The van der Waals surface area contributed by atoms with Crippen LogP contribution in [0, 0.1) is 5.92 Å². The smallest absolute Gasteiger partial charge is 0.437 e. The zero-order chi connectivity index (χ0) is 43.6. The molecule has 1 aromatic rings. The number of unbranched alkanes of at least 4 members (excludes halogenated alkanes) is 3. The fraction of sp³-hybridized carbons (Fsp3) is 0.850. The molecular formula is C40H70N8O10S. The Bertz CT molecular complexity index is 1650. The van der Waals surface area contributed by atoms with Crippen LogP contribution in [0.1, 0.15) is 177 Å². The summed E-state index contributed by atoms with van der Waals surface area (Å²) in [6.07, 6.45) is 9.87. The second-order valence-corrected chi connectivity index (χ2v) is 19.3. The van der Waals surface area contributed by atoms with Crippen LogP contribution >= 0.6 is 0 Å². The number of guanidine groups is 1. The number of ether oxygens (including phenoxy) is 2. The number of aromatic nitrogens is 2. The van der Waals surface area contributed by atoms with Crippen LogP contribution < -0.4 is 10.6 Å². The molecule has 4 amide bonds. The van der Waals surface area contributed by atoms with Crippen LogP contribution in [0.2, 0.25) is 0 Å². The van der Waals surface area contributed by atoms with Crippen LogP contribution in [0.25, 0.3) is 0 Å². The molecule has 2 saturated heterocycles. The van der Waals surface area contributed by atoms with Crippen molar-refractivity contribution in [1.82, 2.24) is 35.9 Å². The number of aliphatic imine (C=N–C) groups is 1. The Morgan fingerprint density at radius 2 is 1.46 bits per heavy atom. The fourth-order valence-corrected chi connectivity index (χ4v) is 8.73. The van der Waals surface area contributed by atoms with Crippen LogP contribution in [0.4, 0.5) is 14.4 Å². The number of fused-ring (bicyclic) bond motifs is 2. The first-order chi connectivity index (χ1) is 27.7. The average Bonchev–Trinajstić information content (AvgIpc) is 3.67. The molecule has 2 bridgehead atoms. The highest BCUT2D eigenvalue weighted by Gasteiger charge is 2.50. The van der Waals surface area contributed by atoms with Crippen molar-refractivity contribution in [2.24, 2.45) is 10.9 Å². The van der Waals surface area contributed by atoms with Gasteiger partial charge in [-0.15, -0.1) is 14.5 Å². The zero-order valence-corrected chi connectivity index (χ0v) is 37.8. The van der Waals surface area contributed by atoms with Crippen molar-refractivity contribution in [2.45, 2.75) is 200 Å². The van der Waals surface area contributed by atoms with Gasteiger partial charge in [0.25, 0.3) is 0 Å². The molecule has 1 aromatic heterocycles. The Morgan fingerprint density at radius 3 is 2.00 bits per heavy atom. The monoisotopic (exact) mass is 854 g/mol. The number of hydroxylamine groups is 4. The van der Waals surface area contributed by atoms with Crippen molar-refractivity contribution in [3.05, 3.63) is 11.8 Å². The Balaban J connectivity index is 1.38. The van der Waals surface area contributed by atoms with Gasteiger partial charge in [0.2, 0.25) is 17.7 Å². The molecule has 0 spiro atoms. The predicted octanol–water partition coefficient (Wildman–Crippen LogP) is 7.87. The summed E-state index contributed by atoms with van der Waals surface area (Å²) >= 11 is 0. The molecule has 4 rings (SSSR count). The number of alkyl carbamates (subject to hydrolysis) is 2. The third-order valence-corrected chi connectivity index (χ3v) is 11.3. The van der Waals surface area contributed by atoms with Gasteiger partial charge in [-0.1, -0.05) is 66.2 Å². The van der Waals surface area contributed by atoms with Crippen LogP contribution in [0.3, 0.4) is 0 Å². The lowest BCUT2D eigenvalue weighted by Gasteiger charge is -2.43. The zero-order valence-electron chi connectivity index (χ0n) is 37.0. The lowest BCUT2D eigenvalue weighted by atomic mass is 9.78. The van der Waals surface area contributed by atoms with Gasteiger partial charge in [-0.25, -0.2) is 19.4 Å². The molecule has 2 N–H and O–H groups in total. The standard InChI is InChI=1S/C40H70N8O10S/c1-11-15-21-40(20-14-4,22-16-12-2)47(23-17-13-3)57-59(52,53)58-48-30-18-19-31(46(27-30)37(48)51)33-45-44-32(54-33)26-28-24-29(25-28)41-34(42-35(49)55-38(5,6)7)43-36(50)56-39(8,9)10/h28-31H,11-27H2,1-10H3,(H2,41,42,43,49,50)/t28?,29?,30-,31-/m0/s1. The van der Waals surface area contributed by atoms with Gasteiger partial charge >= 0.3 is 28.6 Å². The summed E-state index contributed by atoms with van der Waals surface area (Å²) in [4.78, 5) is 44.8. The third kappa shape index (κ3) is 14.3. The van der Waals surface area contributed by atoms with Gasteiger partial charge < -0.3 is 18.8 Å². The number of urea groups is 1. The molecule has 18 nitrogen and oxygen atoms in total. The van der Waals surface area contributed by atoms with E-state index in [-0.39, 0.29) is 30.4 Å². The molecule has 3 heterocycles. The molecule has 3 aliphatic rings. The minimum Gasteiger partial charge on any atom is -0.444 e. The van der Waals surface area contributed by atoms with Gasteiger partial charge in [-0.3, -0.25) is 10.6 Å². The number of nitrogens with zero attached hydrogens (tertiary/aromatic N) is 6. The highest BCUT2D eigenvalue weighted by Crippen LogP contribution is 2.40. The molecule has 1 aliphatic carbocycles. The maximum atomic E-state index is 13.7. The van der Waals surface area contributed by atoms with Crippen molar-refractivity contribution < 1.29 is 45.3 Å². The van der Waals surface area contributed by atoms with E-state index in [0.29, 0.717) is 44.5 Å². The number of hydrogen-bond donors (Lipinski definition) is 2. The fourth-order valence-electron chi connectivity index (χ4n) is 7.87. The van der Waals surface area contributed by atoms with Crippen molar-refractivity contribution in [3.63, 3.8) is 0 Å². The van der Waals surface area contributed by atoms with Gasteiger partial charge in [0.15, 0.2) is 0 Å². The van der Waals surface area contributed by atoms with Crippen LogP contribution in [0.5, 0.6) is 0 Å². The molecule has 0 radical (unpaired) electrons. The van der Waals surface area contributed by atoms with Gasteiger partial charge in [0, 0.05) is 25.0 Å². The van der Waals surface area contributed by atoms with Crippen molar-refractivity contribution in [3.8, 4) is 0 Å². The van der Waals surface area contributed by atoms with E-state index in [0.717, 1.165) is 69.3 Å². The third-order valence-electron chi connectivity index (χ3n) is 10.6. The molecular weight excluding hydrogens is 785 g/mol. The number of rotatable bonds is 20. The molecule has 2 atom stereocenters. The average molecular weight is 855 g/mol. The molecule has 19 heteroatoms. The maximum Gasteiger partial charge on any atom is 0.437 e. The molecule has 59 heavy (non-hydrogen) atoms. The SMILES string of the molecule is CCCCN(OS(=O)(=O)ON1C(=O)N2C[C@@H]1CC[C@H]2c1nnc(CC2CC(N=C(NC(=O)OC(C)(C)C)NC(=O)OC(C)(C)C)C2)o1)C(CCC)(CCCC)CCCC. The molecule has 0 aromatic carbocycles. The first-order valence-electron chi connectivity index (χ1n) is 21.6. The molecule has 2 aliphatic heterocycles. The Hall–Kier alpha value is -3.55. The van der Waals surface area contributed by atoms with Gasteiger partial charge in [0.05, 0.1) is 12.1 Å². The molecule has 336 valence electrons. The van der Waals surface area contributed by atoms with Crippen molar-refractivity contribution in [1.29, 1.82) is 0 Å². The highest BCUT2D eigenvalue weighted by atomic mass is 32.3. The van der Waals surface area contributed by atoms with Gasteiger partial charge in [-0.2, -0.15) is 22.8 Å². The second kappa shape index (κ2) is 20.8. The van der Waals surface area contributed by atoms with E-state index in [1.165, 1.54) is 4.90 Å². The Kier molecular flexibility index (Phi) is 17.0. The number of carbonyl (C=O) groups is 3. The van der Waals surface area contributed by atoms with Crippen LogP contribution in [-0.2, 0) is 34.9 Å². The first-order valence-corrected chi connectivity index (χ1v) is 22.9. The molecule has 1 saturated carbocycles. The number of piperidine rings is 1. The number of carbonyl (C=O) groups excluding carboxylic acids is 3. The topological polar surface area (TPSA) is 207 Å². The summed E-state index contributed by atoms with van der Waals surface area (Å²) in [6.45, 7) is 19.5. The number of amides is 4. The normalized spacial score (nSPS) is 21.0. The maximum absolute atomic E-state index is 13.7. The summed E-state index contributed by atoms with van der Waals surface area (Å²) in [5.74, 6) is 0.737. The van der Waals surface area contributed by atoms with E-state index in [1.807, 2.05) is 0 Å². The summed E-state index contributed by atoms with van der Waals surface area (Å²) in [5.41, 5.74) is -1.97. The number of hydrogen-bond acceptors (Lipinski definition) is 14. The lowest BCUT2D eigenvalue weighted by Crippen LogP contribution is -2.51. The summed E-state index contributed by atoms with van der Waals surface area (Å²) < 4.78 is 55.5. The minimum atomic E-state index is -4.65. The minimum absolute atomic E-state index is 0.0716. The Labute approximate surface area is 351 Å². The Morgan fingerprint density at radius 1 is 0.864 bits per heavy atom. The summed E-state index contributed by atoms with van der Waals surface area (Å²) in [5, 5.41) is 16.2. The number of nitrogens with one attached hydrogen (secondary N) is 2. The highest BCUT2D eigenvalue weighted by molar-refractivity contribution is 7.81. The summed E-state index contributed by atoms with van der Waals surface area (Å²) in [6, 6.07) is -1.84. The summed E-state index contributed by atoms with van der Waals surface area (Å²) in [7, 11) is -4.65. The lowest BCUT2D eigenvalue weighted by molar-refractivity contribution is -0.172. The largest absolute Gasteiger partial charge is 0.444 e.